The molecular weight excluding hydrogens is 144 g/mol. The van der Waals surface area contributed by atoms with E-state index in [0.29, 0.717) is 0 Å². The summed E-state index contributed by atoms with van der Waals surface area (Å²) in [5, 5.41) is 0. The van der Waals surface area contributed by atoms with Gasteiger partial charge < -0.3 is 0 Å². The Kier molecular flexibility index (Phi) is 3.09. The zero-order chi connectivity index (χ0) is 8.97. The highest BCUT2D eigenvalue weighted by atomic mass is 14.0. The van der Waals surface area contributed by atoms with Crippen molar-refractivity contribution in [1.82, 2.24) is 0 Å². The summed E-state index contributed by atoms with van der Waals surface area (Å²) < 4.78 is 0. The van der Waals surface area contributed by atoms with E-state index in [1.165, 1.54) is 16.7 Å². The lowest BCUT2D eigenvalue weighted by Gasteiger charge is -2.03. The number of hydrogen-bond donors (Lipinski definition) is 0. The van der Waals surface area contributed by atoms with Gasteiger partial charge in [-0.2, -0.15) is 0 Å². The second kappa shape index (κ2) is 4.10. The molecule has 0 saturated heterocycles. The number of rotatable bonds is 2. The summed E-state index contributed by atoms with van der Waals surface area (Å²) in [4.78, 5) is 0. The lowest BCUT2D eigenvalue weighted by molar-refractivity contribution is 1.19. The lowest BCUT2D eigenvalue weighted by atomic mass is 10.0. The molecular formula is C12H15. The van der Waals surface area contributed by atoms with Crippen LogP contribution >= 0.6 is 0 Å². The topological polar surface area (TPSA) is 0 Å². The summed E-state index contributed by atoms with van der Waals surface area (Å²) >= 11 is 0. The highest BCUT2D eigenvalue weighted by Crippen LogP contribution is 2.11. The van der Waals surface area contributed by atoms with Gasteiger partial charge in [-0.3, -0.25) is 0 Å². The minimum Gasteiger partial charge on any atom is -0.0879 e. The van der Waals surface area contributed by atoms with Crippen LogP contribution in [0, 0.1) is 20.8 Å². The van der Waals surface area contributed by atoms with Gasteiger partial charge in [0.2, 0.25) is 0 Å². The van der Waals surface area contributed by atoms with Crippen molar-refractivity contribution in [3.8, 4) is 0 Å². The van der Waals surface area contributed by atoms with E-state index in [-0.39, 0.29) is 0 Å². The van der Waals surface area contributed by atoms with E-state index >= 15 is 0 Å². The molecule has 0 nitrogen and oxygen atoms in total. The molecule has 0 aromatic heterocycles. The van der Waals surface area contributed by atoms with E-state index < -0.39 is 0 Å². The van der Waals surface area contributed by atoms with Crippen molar-refractivity contribution in [3.63, 3.8) is 0 Å². The molecule has 0 atom stereocenters. The average Bonchev–Trinajstić information content (AvgIpc) is 2.07. The molecule has 0 fully saturated rings. The highest BCUT2D eigenvalue weighted by Gasteiger charge is 1.94. The van der Waals surface area contributed by atoms with Crippen LogP contribution in [0.2, 0.25) is 0 Å². The Balaban J connectivity index is 2.89. The lowest BCUT2D eigenvalue weighted by Crippen LogP contribution is -1.87. The van der Waals surface area contributed by atoms with Gasteiger partial charge in [-0.25, -0.2) is 0 Å². The van der Waals surface area contributed by atoms with Gasteiger partial charge in [-0.05, 0) is 38.3 Å². The van der Waals surface area contributed by atoms with Crippen LogP contribution in [-0.4, -0.2) is 0 Å². The smallest absolute Gasteiger partial charge is 0.00947 e. The van der Waals surface area contributed by atoms with Crippen LogP contribution in [-0.2, 0) is 6.42 Å². The van der Waals surface area contributed by atoms with Crippen molar-refractivity contribution >= 4 is 0 Å². The maximum Gasteiger partial charge on any atom is -0.00947 e. The first-order valence-corrected chi connectivity index (χ1v) is 4.24. The van der Waals surface area contributed by atoms with E-state index in [2.05, 4.69) is 45.0 Å². The molecule has 0 heterocycles. The quantitative estimate of drug-likeness (QED) is 0.621. The third-order valence-electron chi connectivity index (χ3n) is 2.01. The molecule has 0 aliphatic rings. The Hall–Kier alpha value is -1.04. The van der Waals surface area contributed by atoms with Gasteiger partial charge in [0.05, 0.1) is 0 Å². The van der Waals surface area contributed by atoms with Crippen molar-refractivity contribution in [3.05, 3.63) is 54.0 Å². The Morgan fingerprint density at radius 2 is 2.08 bits per heavy atom. The number of hydrogen-bond acceptors (Lipinski definition) is 0. The first kappa shape index (κ1) is 9.05. The molecule has 1 aromatic carbocycles. The minimum absolute atomic E-state index is 0.997. The molecule has 0 amide bonds. The number of allylic oxidation sites excluding steroid dienone is 2. The van der Waals surface area contributed by atoms with Gasteiger partial charge in [0, 0.05) is 0 Å². The molecule has 1 radical (unpaired) electrons. The first-order valence-electron chi connectivity index (χ1n) is 4.24. The second-order valence-electron chi connectivity index (χ2n) is 3.11. The zero-order valence-corrected chi connectivity index (χ0v) is 7.80. The number of benzene rings is 1. The molecule has 0 aliphatic heterocycles. The Morgan fingerprint density at radius 1 is 1.33 bits per heavy atom. The molecule has 12 heavy (non-hydrogen) atoms. The van der Waals surface area contributed by atoms with Crippen molar-refractivity contribution in [1.29, 1.82) is 0 Å². The first-order chi connectivity index (χ1) is 5.74. The van der Waals surface area contributed by atoms with Gasteiger partial charge in [0.1, 0.15) is 0 Å². The van der Waals surface area contributed by atoms with Gasteiger partial charge in [0.15, 0.2) is 0 Å². The Morgan fingerprint density at radius 3 is 2.75 bits per heavy atom. The van der Waals surface area contributed by atoms with E-state index in [1.54, 1.807) is 0 Å². The van der Waals surface area contributed by atoms with Crippen molar-refractivity contribution < 1.29 is 0 Å². The summed E-state index contributed by atoms with van der Waals surface area (Å²) in [5.41, 5.74) is 4.08. The molecule has 0 heteroatoms. The highest BCUT2D eigenvalue weighted by molar-refractivity contribution is 5.31. The third kappa shape index (κ3) is 2.23. The van der Waals surface area contributed by atoms with Crippen LogP contribution in [0.15, 0.2) is 30.4 Å². The molecule has 0 spiro atoms. The monoisotopic (exact) mass is 159 g/mol. The van der Waals surface area contributed by atoms with Gasteiger partial charge >= 0.3 is 0 Å². The SMILES string of the molecule is [CH2]/C=C/Cc1cc(C)ccc1C. The van der Waals surface area contributed by atoms with Gasteiger partial charge in [-0.1, -0.05) is 35.9 Å². The predicted molar refractivity (Wildman–Crippen MR) is 54.1 cm³/mol. The Labute approximate surface area is 74.9 Å². The standard InChI is InChI=1S/C12H15/c1-4-5-6-12-9-10(2)7-8-11(12)3/h4-5,7-9H,1,6H2,2-3H3/b5-4+. The zero-order valence-electron chi connectivity index (χ0n) is 7.80. The number of aryl methyl sites for hydroxylation is 2. The normalized spacial score (nSPS) is 10.9. The van der Waals surface area contributed by atoms with Gasteiger partial charge in [-0.15, -0.1) is 0 Å². The molecule has 1 aromatic rings. The summed E-state index contributed by atoms with van der Waals surface area (Å²) in [6.07, 6.45) is 4.93. The molecule has 0 unspecified atom stereocenters. The maximum atomic E-state index is 3.67. The van der Waals surface area contributed by atoms with Gasteiger partial charge in [0.25, 0.3) is 0 Å². The molecule has 63 valence electrons. The van der Waals surface area contributed by atoms with Crippen LogP contribution in [0.3, 0.4) is 0 Å². The van der Waals surface area contributed by atoms with Crippen LogP contribution < -0.4 is 0 Å². The fraction of sp³-hybridized carbons (Fsp3) is 0.250. The molecule has 0 bridgehead atoms. The average molecular weight is 159 g/mol. The van der Waals surface area contributed by atoms with Crippen LogP contribution in [0.25, 0.3) is 0 Å². The molecule has 0 aliphatic carbocycles. The fourth-order valence-corrected chi connectivity index (χ4v) is 1.23. The second-order valence-corrected chi connectivity index (χ2v) is 3.11. The van der Waals surface area contributed by atoms with Crippen LogP contribution in [0.1, 0.15) is 16.7 Å². The van der Waals surface area contributed by atoms with Crippen LogP contribution in [0.4, 0.5) is 0 Å². The summed E-state index contributed by atoms with van der Waals surface area (Å²) in [6.45, 7) is 7.94. The van der Waals surface area contributed by atoms with Crippen molar-refractivity contribution in [2.24, 2.45) is 0 Å². The maximum absolute atomic E-state index is 3.67. The largest absolute Gasteiger partial charge is 0.0879 e. The molecule has 0 saturated carbocycles. The molecule has 0 N–H and O–H groups in total. The van der Waals surface area contributed by atoms with Crippen LogP contribution in [0.5, 0.6) is 0 Å². The summed E-state index contributed by atoms with van der Waals surface area (Å²) in [5.74, 6) is 0. The fourth-order valence-electron chi connectivity index (χ4n) is 1.23. The van der Waals surface area contributed by atoms with E-state index in [9.17, 15) is 0 Å². The van der Waals surface area contributed by atoms with Crippen molar-refractivity contribution in [2.75, 3.05) is 0 Å². The Bertz CT molecular complexity index is 282. The van der Waals surface area contributed by atoms with Crippen molar-refractivity contribution in [2.45, 2.75) is 20.3 Å². The summed E-state index contributed by atoms with van der Waals surface area (Å²) in [6, 6.07) is 6.55. The minimum atomic E-state index is 0.997. The predicted octanol–water partition coefficient (Wildman–Crippen LogP) is 3.24. The van der Waals surface area contributed by atoms with E-state index in [0.717, 1.165) is 6.42 Å². The van der Waals surface area contributed by atoms with E-state index in [4.69, 9.17) is 0 Å². The summed E-state index contributed by atoms with van der Waals surface area (Å²) in [7, 11) is 0. The molecule has 1 rings (SSSR count). The third-order valence-corrected chi connectivity index (χ3v) is 2.01. The van der Waals surface area contributed by atoms with E-state index in [1.807, 2.05) is 6.08 Å².